The summed E-state index contributed by atoms with van der Waals surface area (Å²) < 4.78 is 12.8. The zero-order chi connectivity index (χ0) is 42.2. The number of nitrogens with zero attached hydrogens (tertiary/aromatic N) is 7. The number of pyridine rings is 1. The fourth-order valence-corrected chi connectivity index (χ4v) is 7.95. The van der Waals surface area contributed by atoms with Crippen LogP contribution >= 0.6 is 0 Å². The number of H-pyrrole nitrogens is 1. The number of benzene rings is 1. The Balaban J connectivity index is 0.868. The molecule has 3 aliphatic heterocycles. The first kappa shape index (κ1) is 40.1. The average molecular weight is 807 g/mol. The van der Waals surface area contributed by atoms with E-state index in [0.717, 1.165) is 66.1 Å². The van der Waals surface area contributed by atoms with E-state index in [0.29, 0.717) is 76.0 Å². The second-order valence-corrected chi connectivity index (χ2v) is 15.9. The number of hydrogen-bond donors (Lipinski definition) is 4. The van der Waals surface area contributed by atoms with Gasteiger partial charge in [0.15, 0.2) is 0 Å². The van der Waals surface area contributed by atoms with Crippen LogP contribution in [0.3, 0.4) is 0 Å². The number of carbonyl (C=O) groups excluding carboxylic acids is 4. The Bertz CT molecular complexity index is 2170. The van der Waals surface area contributed by atoms with Crippen molar-refractivity contribution in [3.63, 3.8) is 0 Å². The molecular formula is C43H55N11O5. The fraction of sp³-hybridized carbons (Fsp3) is 0.465. The molecule has 312 valence electrons. The number of rotatable bonds is 13. The van der Waals surface area contributed by atoms with Gasteiger partial charge < -0.3 is 35.5 Å². The lowest BCUT2D eigenvalue weighted by atomic mass is 10.0. The van der Waals surface area contributed by atoms with Gasteiger partial charge in [0.2, 0.25) is 17.7 Å². The molecule has 4 N–H and O–H groups in total. The molecule has 2 atom stereocenters. The fourth-order valence-electron chi connectivity index (χ4n) is 7.95. The average Bonchev–Trinajstić information content (AvgIpc) is 3.71. The number of aromatic nitrogens is 4. The first-order chi connectivity index (χ1) is 29.0. The third-order valence-electron chi connectivity index (χ3n) is 11.1. The van der Waals surface area contributed by atoms with E-state index in [1.54, 1.807) is 17.4 Å². The first-order valence-corrected chi connectivity index (χ1v) is 20.4. The maximum absolute atomic E-state index is 13.3. The van der Waals surface area contributed by atoms with Gasteiger partial charge in [-0.05, 0) is 66.8 Å². The normalized spacial score (nSPS) is 18.6. The number of hydrogen-bond acceptors (Lipinski definition) is 11. The molecule has 0 saturated carbocycles. The van der Waals surface area contributed by atoms with Crippen molar-refractivity contribution < 1.29 is 25.3 Å². The smallest absolute Gasteiger partial charge is 0.274 e. The Kier molecular flexibility index (Phi) is 12.8. The van der Waals surface area contributed by atoms with E-state index in [4.69, 9.17) is 6.11 Å². The number of fused-ring (bicyclic) bond motifs is 1. The largest absolute Gasteiger partial charge is 0.378 e. The molecule has 3 saturated heterocycles. The van der Waals surface area contributed by atoms with Crippen molar-refractivity contribution >= 4 is 46.2 Å². The molecule has 0 bridgehead atoms. The van der Waals surface area contributed by atoms with Gasteiger partial charge >= 0.3 is 0 Å². The molecule has 3 aliphatic rings. The van der Waals surface area contributed by atoms with Gasteiger partial charge in [-0.15, -0.1) is 0 Å². The van der Waals surface area contributed by atoms with Gasteiger partial charge in [0.05, 0.1) is 18.6 Å². The summed E-state index contributed by atoms with van der Waals surface area (Å²) in [6.45, 7) is 15.0. The number of aromatic amines is 1. The van der Waals surface area contributed by atoms with E-state index in [9.17, 15) is 19.2 Å². The molecular weight excluding hydrogens is 751 g/mol. The molecule has 3 aromatic heterocycles. The van der Waals surface area contributed by atoms with Crippen molar-refractivity contribution in [2.45, 2.75) is 52.2 Å². The summed E-state index contributed by atoms with van der Waals surface area (Å²) in [4.78, 5) is 76.6. The summed E-state index contributed by atoms with van der Waals surface area (Å²) in [7, 11) is 0. The zero-order valence-corrected chi connectivity index (χ0v) is 33.9. The van der Waals surface area contributed by atoms with E-state index >= 15 is 0 Å². The standard InChI is InChI=1S/C43H55N11O5/c1-28(2)38(47-30(4)55)43(58)54-16-14-51(15-17-54)24-29(3)41(56)49-34-6-5-13-52(26-34)25-31-11-12-44-37(22-31)42(57)48-33-9-7-32(8-10-33)36-23-35-39(50-36)45-27-46-40(35)53-18-20-59-21-19-53/h7-12,22-23,27-28,34,38H,3,5-6,13-21,24-26H2,1-2,4H3,(H,47,55)(H,48,57)(H,49,56)(H,45,46,50)/t34-,38+/m1/s1/i4D. The van der Waals surface area contributed by atoms with Gasteiger partial charge in [0, 0.05) is 96.4 Å². The molecule has 7 rings (SSSR count). The van der Waals surface area contributed by atoms with Gasteiger partial charge in [-0.1, -0.05) is 32.6 Å². The van der Waals surface area contributed by atoms with Crippen molar-refractivity contribution in [3.05, 3.63) is 78.4 Å². The number of piperidine rings is 1. The van der Waals surface area contributed by atoms with Crippen molar-refractivity contribution in [1.29, 1.82) is 0 Å². The van der Waals surface area contributed by atoms with Crippen LogP contribution in [0.2, 0.25) is 0 Å². The van der Waals surface area contributed by atoms with Crippen LogP contribution in [0.25, 0.3) is 22.3 Å². The Morgan fingerprint density at radius 1 is 0.966 bits per heavy atom. The number of piperazine rings is 1. The summed E-state index contributed by atoms with van der Waals surface area (Å²) in [5.41, 5.74) is 5.02. The Hall–Kier alpha value is -5.71. The number of anilines is 2. The number of ether oxygens (including phenoxy) is 1. The van der Waals surface area contributed by atoms with Crippen molar-refractivity contribution in [3.8, 4) is 11.3 Å². The highest BCUT2D eigenvalue weighted by molar-refractivity contribution is 6.03. The highest BCUT2D eigenvalue weighted by Gasteiger charge is 2.31. The molecule has 59 heavy (non-hydrogen) atoms. The monoisotopic (exact) mass is 806 g/mol. The van der Waals surface area contributed by atoms with E-state index in [-0.39, 0.29) is 29.7 Å². The second kappa shape index (κ2) is 18.9. The van der Waals surface area contributed by atoms with Crippen molar-refractivity contribution in [2.24, 2.45) is 5.92 Å². The number of nitrogens with one attached hydrogen (secondary N) is 4. The highest BCUT2D eigenvalue weighted by atomic mass is 16.5. The van der Waals surface area contributed by atoms with Gasteiger partial charge in [-0.25, -0.2) is 9.97 Å². The Morgan fingerprint density at radius 3 is 2.49 bits per heavy atom. The molecule has 0 aliphatic carbocycles. The van der Waals surface area contributed by atoms with Gasteiger partial charge in [0.25, 0.3) is 5.91 Å². The lowest BCUT2D eigenvalue weighted by Crippen LogP contribution is -2.56. The lowest BCUT2D eigenvalue weighted by Gasteiger charge is -2.37. The predicted octanol–water partition coefficient (Wildman–Crippen LogP) is 3.05. The summed E-state index contributed by atoms with van der Waals surface area (Å²) in [6.07, 6.45) is 5.01. The summed E-state index contributed by atoms with van der Waals surface area (Å²) in [5, 5.41) is 9.79. The maximum Gasteiger partial charge on any atom is 0.274 e. The summed E-state index contributed by atoms with van der Waals surface area (Å²) in [5.74, 6) is -0.294. The van der Waals surface area contributed by atoms with Crippen LogP contribution in [-0.4, -0.2) is 142 Å². The van der Waals surface area contributed by atoms with Crippen LogP contribution in [0, 0.1) is 5.92 Å². The second-order valence-electron chi connectivity index (χ2n) is 15.9. The minimum Gasteiger partial charge on any atom is -0.378 e. The van der Waals surface area contributed by atoms with Gasteiger partial charge in [0.1, 0.15) is 29.5 Å². The maximum atomic E-state index is 13.3. The van der Waals surface area contributed by atoms with Crippen LogP contribution < -0.4 is 20.9 Å². The SMILES string of the molecule is [2H]CC(=O)N[C@H](C(=O)N1CCN(CC(=C)C(=O)N[C@@H]2CCCN(Cc3ccnc(C(=O)Nc4ccc(-c5cc6c(N7CCOCC7)ncnc6[nH]5)cc4)c3)C2)CC1)C(C)C. The predicted molar refractivity (Wildman–Crippen MR) is 226 cm³/mol. The summed E-state index contributed by atoms with van der Waals surface area (Å²) in [6, 6.07) is 12.7. The van der Waals surface area contributed by atoms with E-state index in [1.165, 1.54) is 0 Å². The van der Waals surface area contributed by atoms with Gasteiger partial charge in [-0.2, -0.15) is 0 Å². The van der Waals surface area contributed by atoms with E-state index in [2.05, 4.69) is 63.2 Å². The Labute approximate surface area is 346 Å². The minimum absolute atomic E-state index is 0.0407. The molecule has 4 aromatic rings. The number of carbonyl (C=O) groups is 4. The molecule has 6 heterocycles. The lowest BCUT2D eigenvalue weighted by molar-refractivity contribution is -0.138. The minimum atomic E-state index is -0.662. The van der Waals surface area contributed by atoms with Crippen LogP contribution in [0.4, 0.5) is 11.5 Å². The third kappa shape index (κ3) is 10.5. The molecule has 1 aromatic carbocycles. The molecule has 3 fully saturated rings. The van der Waals surface area contributed by atoms with Crippen LogP contribution in [0.1, 0.15) is 51.0 Å². The van der Waals surface area contributed by atoms with Crippen LogP contribution in [0.15, 0.2) is 67.1 Å². The van der Waals surface area contributed by atoms with Crippen LogP contribution in [0.5, 0.6) is 0 Å². The number of morpholine rings is 1. The molecule has 0 radical (unpaired) electrons. The summed E-state index contributed by atoms with van der Waals surface area (Å²) >= 11 is 0. The topological polar surface area (TPSA) is 181 Å². The molecule has 16 heteroatoms. The number of amides is 4. The van der Waals surface area contributed by atoms with Crippen molar-refractivity contribution in [2.75, 3.05) is 82.3 Å². The molecule has 0 unspecified atom stereocenters. The number of likely N-dealkylation sites (tertiary alicyclic amines) is 1. The first-order valence-electron chi connectivity index (χ1n) is 21.1. The molecule has 16 nitrogen and oxygen atoms in total. The van der Waals surface area contributed by atoms with Gasteiger partial charge in [-0.3, -0.25) is 34.0 Å². The molecule has 0 spiro atoms. The highest BCUT2D eigenvalue weighted by Crippen LogP contribution is 2.30. The quantitative estimate of drug-likeness (QED) is 0.146. The third-order valence-corrected chi connectivity index (χ3v) is 11.1. The zero-order valence-electron chi connectivity index (χ0n) is 34.9. The van der Waals surface area contributed by atoms with Crippen molar-refractivity contribution in [1.82, 2.24) is 45.3 Å². The van der Waals surface area contributed by atoms with Crippen LogP contribution in [-0.2, 0) is 25.7 Å². The van der Waals surface area contributed by atoms with E-state index < -0.39 is 18.8 Å². The molecule has 4 amide bonds. The Morgan fingerprint density at radius 2 is 1.75 bits per heavy atom. The van der Waals surface area contributed by atoms with E-state index in [1.807, 2.05) is 50.2 Å².